The van der Waals surface area contributed by atoms with Crippen LogP contribution in [0.3, 0.4) is 0 Å². The largest absolute Gasteiger partial charge is 0.493 e. The molecule has 2 aromatic rings. The van der Waals surface area contributed by atoms with Crippen molar-refractivity contribution in [1.29, 1.82) is 0 Å². The third-order valence-electron chi connectivity index (χ3n) is 6.45. The minimum absolute atomic E-state index is 0.590. The molecule has 32 heavy (non-hydrogen) atoms. The molecule has 0 aliphatic heterocycles. The molecular weight excluding hydrogens is 392 g/mol. The van der Waals surface area contributed by atoms with Crippen molar-refractivity contribution in [2.45, 2.75) is 79.1 Å². The Morgan fingerprint density at radius 2 is 1.38 bits per heavy atom. The van der Waals surface area contributed by atoms with Gasteiger partial charge in [-0.2, -0.15) is 0 Å². The van der Waals surface area contributed by atoms with Gasteiger partial charge in [0.15, 0.2) is 0 Å². The van der Waals surface area contributed by atoms with Gasteiger partial charge in [0.1, 0.15) is 11.5 Å². The van der Waals surface area contributed by atoms with Gasteiger partial charge in [-0.1, -0.05) is 103 Å². The second kappa shape index (κ2) is 14.8. The fourth-order valence-corrected chi connectivity index (χ4v) is 3.97. The van der Waals surface area contributed by atoms with Gasteiger partial charge >= 0.3 is 0 Å². The molecule has 2 atom stereocenters. The van der Waals surface area contributed by atoms with Crippen LogP contribution in [0.2, 0.25) is 0 Å². The van der Waals surface area contributed by atoms with Gasteiger partial charge in [-0.25, -0.2) is 0 Å². The molecule has 2 heteroatoms. The average molecular weight is 437 g/mol. The van der Waals surface area contributed by atoms with E-state index in [1.54, 1.807) is 0 Å². The SMILES string of the molecule is C=C(c1ccccc1)c1cc(OCC(CC)CCCC)ccc1OCC(CC)CCCC. The van der Waals surface area contributed by atoms with Crippen molar-refractivity contribution in [3.05, 3.63) is 66.2 Å². The third kappa shape index (κ3) is 8.37. The first-order valence-corrected chi connectivity index (χ1v) is 12.8. The number of hydrogen-bond acceptors (Lipinski definition) is 2. The topological polar surface area (TPSA) is 18.5 Å². The van der Waals surface area contributed by atoms with Crippen molar-refractivity contribution in [3.63, 3.8) is 0 Å². The number of ether oxygens (including phenoxy) is 2. The van der Waals surface area contributed by atoms with E-state index in [0.29, 0.717) is 11.8 Å². The minimum Gasteiger partial charge on any atom is -0.493 e. The molecule has 0 fully saturated rings. The highest BCUT2D eigenvalue weighted by Gasteiger charge is 2.15. The average Bonchev–Trinajstić information content (AvgIpc) is 2.84. The van der Waals surface area contributed by atoms with Crippen LogP contribution in [-0.2, 0) is 0 Å². The van der Waals surface area contributed by atoms with Gasteiger partial charge in [-0.3, -0.25) is 0 Å². The predicted molar refractivity (Wildman–Crippen MR) is 139 cm³/mol. The van der Waals surface area contributed by atoms with E-state index in [2.05, 4.69) is 76.7 Å². The van der Waals surface area contributed by atoms with Crippen molar-refractivity contribution < 1.29 is 9.47 Å². The monoisotopic (exact) mass is 436 g/mol. The lowest BCUT2D eigenvalue weighted by atomic mass is 9.98. The van der Waals surface area contributed by atoms with Gasteiger partial charge in [0.05, 0.1) is 13.2 Å². The molecule has 0 heterocycles. The first-order valence-electron chi connectivity index (χ1n) is 12.8. The number of rotatable bonds is 16. The molecule has 0 aliphatic carbocycles. The molecule has 2 unspecified atom stereocenters. The van der Waals surface area contributed by atoms with Gasteiger partial charge in [-0.05, 0) is 54.0 Å². The summed E-state index contributed by atoms with van der Waals surface area (Å²) in [5, 5.41) is 0. The maximum atomic E-state index is 6.37. The van der Waals surface area contributed by atoms with Crippen LogP contribution in [-0.4, -0.2) is 13.2 Å². The van der Waals surface area contributed by atoms with Crippen molar-refractivity contribution in [2.24, 2.45) is 11.8 Å². The highest BCUT2D eigenvalue weighted by molar-refractivity contribution is 5.81. The van der Waals surface area contributed by atoms with Crippen LogP contribution < -0.4 is 9.47 Å². The lowest BCUT2D eigenvalue weighted by Crippen LogP contribution is -2.13. The molecule has 0 saturated carbocycles. The quantitative estimate of drug-likeness (QED) is 0.261. The standard InChI is InChI=1S/C30H44O2/c1-6-10-15-25(8-3)22-31-28-19-20-30(32-23-26(9-4)16-11-7-2)29(21-28)24(5)27-17-13-12-14-18-27/h12-14,17-21,25-26H,5-11,15-16,22-23H2,1-4H3. The summed E-state index contributed by atoms with van der Waals surface area (Å²) in [6.45, 7) is 14.9. The van der Waals surface area contributed by atoms with Crippen LogP contribution in [0.1, 0.15) is 90.2 Å². The molecule has 2 rings (SSSR count). The smallest absolute Gasteiger partial charge is 0.127 e. The van der Waals surface area contributed by atoms with Gasteiger partial charge < -0.3 is 9.47 Å². The van der Waals surface area contributed by atoms with Crippen molar-refractivity contribution in [1.82, 2.24) is 0 Å². The van der Waals surface area contributed by atoms with Crippen LogP contribution in [0.4, 0.5) is 0 Å². The summed E-state index contributed by atoms with van der Waals surface area (Å²) in [5.41, 5.74) is 3.12. The fourth-order valence-electron chi connectivity index (χ4n) is 3.97. The highest BCUT2D eigenvalue weighted by Crippen LogP contribution is 2.34. The van der Waals surface area contributed by atoms with E-state index in [1.165, 1.54) is 38.5 Å². The number of benzene rings is 2. The van der Waals surface area contributed by atoms with Crippen LogP contribution in [0, 0.1) is 11.8 Å². The van der Waals surface area contributed by atoms with Crippen LogP contribution in [0.5, 0.6) is 11.5 Å². The van der Waals surface area contributed by atoms with E-state index in [4.69, 9.17) is 9.47 Å². The van der Waals surface area contributed by atoms with E-state index in [1.807, 2.05) is 6.07 Å². The van der Waals surface area contributed by atoms with E-state index in [-0.39, 0.29) is 0 Å². The summed E-state index contributed by atoms with van der Waals surface area (Å²) < 4.78 is 12.6. The normalized spacial score (nSPS) is 12.9. The van der Waals surface area contributed by atoms with Gasteiger partial charge in [0.2, 0.25) is 0 Å². The molecule has 0 amide bonds. The molecule has 0 aliphatic rings. The van der Waals surface area contributed by atoms with Gasteiger partial charge in [0, 0.05) is 5.56 Å². The summed E-state index contributed by atoms with van der Waals surface area (Å²) in [7, 11) is 0. The van der Waals surface area contributed by atoms with E-state index >= 15 is 0 Å². The molecule has 2 aromatic carbocycles. The molecule has 0 N–H and O–H groups in total. The Balaban J connectivity index is 2.19. The molecule has 0 radical (unpaired) electrons. The Morgan fingerprint density at radius 1 is 0.781 bits per heavy atom. The first-order chi connectivity index (χ1) is 15.6. The zero-order valence-corrected chi connectivity index (χ0v) is 20.9. The zero-order valence-electron chi connectivity index (χ0n) is 20.9. The van der Waals surface area contributed by atoms with E-state index < -0.39 is 0 Å². The van der Waals surface area contributed by atoms with E-state index in [9.17, 15) is 0 Å². The maximum Gasteiger partial charge on any atom is 0.127 e. The van der Waals surface area contributed by atoms with Crippen LogP contribution >= 0.6 is 0 Å². The van der Waals surface area contributed by atoms with Crippen molar-refractivity contribution in [3.8, 4) is 11.5 Å². The molecule has 0 aromatic heterocycles. The summed E-state index contributed by atoms with van der Waals surface area (Å²) >= 11 is 0. The van der Waals surface area contributed by atoms with Gasteiger partial charge in [0.25, 0.3) is 0 Å². The third-order valence-corrected chi connectivity index (χ3v) is 6.45. The molecule has 0 bridgehead atoms. The summed E-state index contributed by atoms with van der Waals surface area (Å²) in [5.74, 6) is 3.00. The summed E-state index contributed by atoms with van der Waals surface area (Å²) in [6.07, 6.45) is 9.74. The van der Waals surface area contributed by atoms with Gasteiger partial charge in [-0.15, -0.1) is 0 Å². The summed E-state index contributed by atoms with van der Waals surface area (Å²) in [6, 6.07) is 16.6. The predicted octanol–water partition coefficient (Wildman–Crippen LogP) is 8.94. The Kier molecular flexibility index (Phi) is 12.0. The Labute approximate surface area is 197 Å². The van der Waals surface area contributed by atoms with E-state index in [0.717, 1.165) is 54.3 Å². The molecular formula is C30H44O2. The molecule has 0 saturated heterocycles. The fraction of sp³-hybridized carbons (Fsp3) is 0.533. The first kappa shape index (κ1) is 26.0. The Bertz CT molecular complexity index is 781. The second-order valence-corrected chi connectivity index (χ2v) is 8.96. The number of unbranched alkanes of at least 4 members (excludes halogenated alkanes) is 2. The zero-order chi connectivity index (χ0) is 23.2. The molecule has 2 nitrogen and oxygen atoms in total. The van der Waals surface area contributed by atoms with Crippen LogP contribution in [0.25, 0.3) is 5.57 Å². The van der Waals surface area contributed by atoms with Crippen molar-refractivity contribution in [2.75, 3.05) is 13.2 Å². The molecule has 176 valence electrons. The highest BCUT2D eigenvalue weighted by atomic mass is 16.5. The Hall–Kier alpha value is -2.22. The Morgan fingerprint density at radius 3 is 1.94 bits per heavy atom. The van der Waals surface area contributed by atoms with Crippen LogP contribution in [0.15, 0.2) is 55.1 Å². The minimum atomic E-state index is 0.590. The number of hydrogen-bond donors (Lipinski definition) is 0. The lowest BCUT2D eigenvalue weighted by Gasteiger charge is -2.20. The lowest BCUT2D eigenvalue weighted by molar-refractivity contribution is 0.227. The maximum absolute atomic E-state index is 6.37. The van der Waals surface area contributed by atoms with Crippen molar-refractivity contribution >= 4 is 5.57 Å². The molecule has 0 spiro atoms. The second-order valence-electron chi connectivity index (χ2n) is 8.96. The summed E-state index contributed by atoms with van der Waals surface area (Å²) in [4.78, 5) is 0.